The largest absolute Gasteiger partial charge is 0.462 e. The number of benzene rings is 1. The van der Waals surface area contributed by atoms with Gasteiger partial charge in [0.25, 0.3) is 0 Å². The van der Waals surface area contributed by atoms with Gasteiger partial charge < -0.3 is 4.74 Å². The summed E-state index contributed by atoms with van der Waals surface area (Å²) in [4.78, 5) is 13.5. The smallest absolute Gasteiger partial charge is 0.309 e. The van der Waals surface area contributed by atoms with Crippen LogP contribution in [0.5, 0.6) is 0 Å². The first kappa shape index (κ1) is 34.9. The van der Waals surface area contributed by atoms with E-state index in [2.05, 4.69) is 128 Å². The van der Waals surface area contributed by atoms with Gasteiger partial charge in [-0.1, -0.05) is 72.5 Å². The third-order valence-electron chi connectivity index (χ3n) is 12.9. The summed E-state index contributed by atoms with van der Waals surface area (Å²) in [7, 11) is 0. The molecule has 9 atom stereocenters. The normalized spacial score (nSPS) is 35.0. The van der Waals surface area contributed by atoms with Crippen LogP contribution in [0.3, 0.4) is 0 Å². The molecule has 0 aliphatic heterocycles. The van der Waals surface area contributed by atoms with Gasteiger partial charge in [0.2, 0.25) is 0 Å². The van der Waals surface area contributed by atoms with Crippen molar-refractivity contribution in [1.29, 1.82) is 0 Å². The third-order valence-corrected chi connectivity index (χ3v) is 15.5. The summed E-state index contributed by atoms with van der Waals surface area (Å²) in [6.07, 6.45) is 18.6. The van der Waals surface area contributed by atoms with E-state index in [1.54, 1.807) is 5.57 Å². The summed E-state index contributed by atoms with van der Waals surface area (Å²) >= 11 is 7.24. The van der Waals surface area contributed by atoms with E-state index >= 15 is 0 Å². The number of esters is 1. The van der Waals surface area contributed by atoms with Crippen LogP contribution in [-0.2, 0) is 16.0 Å². The van der Waals surface area contributed by atoms with Crippen LogP contribution in [-0.4, -0.2) is 12.1 Å². The maximum Gasteiger partial charge on any atom is 0.309 e. The molecule has 1 aromatic rings. The lowest BCUT2D eigenvalue weighted by atomic mass is 9.47. The van der Waals surface area contributed by atoms with Crippen LogP contribution < -0.4 is 0 Å². The Morgan fingerprint density at radius 2 is 1.70 bits per heavy atom. The highest BCUT2D eigenvalue weighted by Crippen LogP contribution is 2.67. The van der Waals surface area contributed by atoms with Gasteiger partial charge in [-0.15, -0.1) is 0 Å². The highest BCUT2D eigenvalue weighted by atomic mass is 127. The second kappa shape index (κ2) is 14.4. The van der Waals surface area contributed by atoms with Crippen molar-refractivity contribution in [2.45, 2.75) is 131 Å². The molecule has 5 rings (SSSR count). The molecule has 0 radical (unpaired) electrons. The number of fused-ring (bicyclic) bond motifs is 5. The highest BCUT2D eigenvalue weighted by molar-refractivity contribution is 14.1. The van der Waals surface area contributed by atoms with Crippen molar-refractivity contribution in [2.24, 2.45) is 52.3 Å². The molecular weight excluding hydrogens is 869 g/mol. The lowest BCUT2D eigenvalue weighted by Crippen LogP contribution is -2.51. The van der Waals surface area contributed by atoms with Gasteiger partial charge in [-0.3, -0.25) is 4.79 Å². The minimum Gasteiger partial charge on any atom is -0.462 e. The first-order valence-electron chi connectivity index (χ1n) is 17.4. The molecule has 0 bridgehead atoms. The fourth-order valence-corrected chi connectivity index (χ4v) is 14.4. The molecule has 3 saturated carbocycles. The average molecular weight is 925 g/mol. The van der Waals surface area contributed by atoms with Gasteiger partial charge in [-0.25, -0.2) is 0 Å². The first-order chi connectivity index (χ1) is 20.4. The second-order valence-electron chi connectivity index (χ2n) is 15.7. The number of carbonyl (C=O) groups is 1. The first-order valence-corrected chi connectivity index (χ1v) is 20.6. The summed E-state index contributed by atoms with van der Waals surface area (Å²) in [5.74, 6) is 5.11. The summed E-state index contributed by atoms with van der Waals surface area (Å²) in [6.45, 7) is 14.8. The van der Waals surface area contributed by atoms with Gasteiger partial charge in [0, 0.05) is 17.1 Å². The number of allylic oxidation sites excluding steroid dienone is 1. The van der Waals surface area contributed by atoms with E-state index in [0.717, 1.165) is 61.2 Å². The fourth-order valence-electron chi connectivity index (χ4n) is 10.4. The fraction of sp³-hybridized carbons (Fsp3) is 0.763. The van der Waals surface area contributed by atoms with Crippen molar-refractivity contribution in [2.75, 3.05) is 0 Å². The quantitative estimate of drug-likeness (QED) is 0.133. The van der Waals surface area contributed by atoms with Gasteiger partial charge in [0.15, 0.2) is 0 Å². The maximum absolute atomic E-state index is 13.5. The van der Waals surface area contributed by atoms with Crippen LogP contribution in [0.25, 0.3) is 0 Å². The Morgan fingerprint density at radius 3 is 2.37 bits per heavy atom. The molecular formula is C38H55I3O2. The number of carbonyl (C=O) groups excluding carboxylic acids is 1. The zero-order valence-electron chi connectivity index (χ0n) is 27.5. The van der Waals surface area contributed by atoms with Gasteiger partial charge in [-0.05, 0) is 190 Å². The molecule has 5 heteroatoms. The molecule has 0 heterocycles. The molecule has 0 aromatic heterocycles. The van der Waals surface area contributed by atoms with Crippen LogP contribution in [0, 0.1) is 63.0 Å². The van der Waals surface area contributed by atoms with E-state index < -0.39 is 0 Å². The zero-order valence-corrected chi connectivity index (χ0v) is 34.0. The summed E-state index contributed by atoms with van der Waals surface area (Å²) in [6, 6.07) is 4.44. The molecule has 0 saturated heterocycles. The topological polar surface area (TPSA) is 26.3 Å². The number of ether oxygens (including phenoxy) is 1. The molecule has 0 spiro atoms. The molecule has 9 unspecified atom stereocenters. The Balaban J connectivity index is 1.22. The monoisotopic (exact) mass is 924 g/mol. The van der Waals surface area contributed by atoms with Crippen LogP contribution >= 0.6 is 67.8 Å². The molecule has 0 N–H and O–H groups in total. The van der Waals surface area contributed by atoms with Crippen molar-refractivity contribution < 1.29 is 9.53 Å². The van der Waals surface area contributed by atoms with E-state index in [9.17, 15) is 4.79 Å². The number of hydrogen-bond donors (Lipinski definition) is 0. The predicted octanol–water partition coefficient (Wildman–Crippen LogP) is 12.0. The Labute approximate surface area is 303 Å². The van der Waals surface area contributed by atoms with Crippen LogP contribution in [0.1, 0.15) is 124 Å². The Kier molecular flexibility index (Phi) is 11.7. The number of hydrogen-bond acceptors (Lipinski definition) is 2. The average Bonchev–Trinajstić information content (AvgIpc) is 3.30. The second-order valence-corrected chi connectivity index (χ2v) is 19.3. The zero-order chi connectivity index (χ0) is 31.1. The van der Waals surface area contributed by atoms with Gasteiger partial charge >= 0.3 is 5.97 Å². The summed E-state index contributed by atoms with van der Waals surface area (Å²) in [5, 5.41) is 0. The molecule has 240 valence electrons. The van der Waals surface area contributed by atoms with E-state index in [1.165, 1.54) is 74.1 Å². The minimum atomic E-state index is -0.0702. The predicted molar refractivity (Wildman–Crippen MR) is 205 cm³/mol. The van der Waals surface area contributed by atoms with Crippen LogP contribution in [0.15, 0.2) is 23.8 Å². The van der Waals surface area contributed by atoms with Crippen molar-refractivity contribution in [3.05, 3.63) is 40.1 Å². The lowest BCUT2D eigenvalue weighted by Gasteiger charge is -2.58. The number of rotatable bonds is 10. The summed E-state index contributed by atoms with van der Waals surface area (Å²) < 4.78 is 10.1. The SMILES string of the molecule is CCC(Cc1c(I)cc(I)cc1I)C(=O)OC1CCC2(C)C(=CCC3C2CCC2(C)C(C(C)CCCC(C)C)CCC32)C1. The van der Waals surface area contributed by atoms with Gasteiger partial charge in [0.1, 0.15) is 6.10 Å². The van der Waals surface area contributed by atoms with Gasteiger partial charge in [0.05, 0.1) is 5.92 Å². The van der Waals surface area contributed by atoms with E-state index in [-0.39, 0.29) is 18.0 Å². The minimum absolute atomic E-state index is 0.0171. The Morgan fingerprint density at radius 1 is 0.977 bits per heavy atom. The van der Waals surface area contributed by atoms with E-state index in [1.807, 2.05) is 0 Å². The summed E-state index contributed by atoms with van der Waals surface area (Å²) in [5.41, 5.74) is 3.75. The molecule has 1 aromatic carbocycles. The molecule has 2 nitrogen and oxygen atoms in total. The van der Waals surface area contributed by atoms with Crippen LogP contribution in [0.4, 0.5) is 0 Å². The van der Waals surface area contributed by atoms with E-state index in [4.69, 9.17) is 4.74 Å². The van der Waals surface area contributed by atoms with Crippen molar-refractivity contribution in [3.63, 3.8) is 0 Å². The van der Waals surface area contributed by atoms with Crippen molar-refractivity contribution in [3.8, 4) is 0 Å². The third kappa shape index (κ3) is 7.23. The number of halogens is 3. The molecule has 43 heavy (non-hydrogen) atoms. The standard InChI is InChI=1S/C38H55I3O2/c1-7-25(19-30-34(40)21-27(39)22-35(30)41)36(42)43-28-15-17-37(5)26(20-28)11-12-29-32-14-13-31(24(4)10-8-9-23(2)3)38(32,6)18-16-33(29)37/h11,21-25,28-29,31-33H,7-10,12-20H2,1-6H3. The maximum atomic E-state index is 13.5. The van der Waals surface area contributed by atoms with Crippen LogP contribution in [0.2, 0.25) is 0 Å². The molecule has 4 aliphatic rings. The molecule has 3 fully saturated rings. The molecule has 4 aliphatic carbocycles. The van der Waals surface area contributed by atoms with Crippen molar-refractivity contribution in [1.82, 2.24) is 0 Å². The Bertz CT molecular complexity index is 1170. The van der Waals surface area contributed by atoms with E-state index in [0.29, 0.717) is 10.8 Å². The van der Waals surface area contributed by atoms with Crippen molar-refractivity contribution >= 4 is 73.7 Å². The lowest BCUT2D eigenvalue weighted by molar-refractivity contribution is -0.156. The van der Waals surface area contributed by atoms with Gasteiger partial charge in [-0.2, -0.15) is 0 Å². The Hall–Kier alpha value is 0.620. The highest BCUT2D eigenvalue weighted by Gasteiger charge is 2.59. The molecule has 0 amide bonds.